The molecule has 7 heteroatoms. The molecule has 1 aromatic rings. The molecule has 4 nitrogen and oxygen atoms in total. The molecule has 0 spiro atoms. The highest BCUT2D eigenvalue weighted by Gasteiger charge is 2.40. The van der Waals surface area contributed by atoms with Gasteiger partial charge in [0.15, 0.2) is 0 Å². The van der Waals surface area contributed by atoms with Gasteiger partial charge in [0.25, 0.3) is 0 Å². The molecule has 0 atom stereocenters. The second kappa shape index (κ2) is 7.70. The van der Waals surface area contributed by atoms with Crippen LogP contribution in [-0.2, 0) is 0 Å². The third kappa shape index (κ3) is 4.00. The third-order valence-electron chi connectivity index (χ3n) is 4.97. The van der Waals surface area contributed by atoms with E-state index in [4.69, 9.17) is 0 Å². The number of carbonyl (C=O) groups excluding carboxylic acids is 1. The molecule has 2 fully saturated rings. The van der Waals surface area contributed by atoms with Crippen molar-refractivity contribution in [3.8, 4) is 0 Å². The normalized spacial score (nSPS) is 20.8. The number of nitrogens with one attached hydrogen (secondary N) is 2. The van der Waals surface area contributed by atoms with E-state index in [-0.39, 0.29) is 11.2 Å². The number of hydrogen-bond acceptors (Lipinski definition) is 3. The highest BCUT2D eigenvalue weighted by atomic mass is 32.2. The number of amides is 2. The van der Waals surface area contributed by atoms with E-state index >= 15 is 0 Å². The van der Waals surface area contributed by atoms with Crippen LogP contribution >= 0.6 is 11.8 Å². The van der Waals surface area contributed by atoms with Crippen molar-refractivity contribution in [1.29, 1.82) is 0 Å². The minimum absolute atomic E-state index is 0.0104. The van der Waals surface area contributed by atoms with Gasteiger partial charge >= 0.3 is 6.03 Å². The van der Waals surface area contributed by atoms with Crippen LogP contribution in [0.4, 0.5) is 19.3 Å². The fraction of sp³-hybridized carbons (Fsp3) is 0.588. The molecule has 1 saturated carbocycles. The molecule has 1 aliphatic carbocycles. The van der Waals surface area contributed by atoms with Crippen molar-refractivity contribution in [3.05, 3.63) is 29.8 Å². The van der Waals surface area contributed by atoms with E-state index in [9.17, 15) is 13.6 Å². The largest absolute Gasteiger partial charge is 0.336 e. The Hall–Kier alpha value is -1.34. The number of rotatable bonds is 4. The molecule has 132 valence electrons. The molecule has 1 aliphatic heterocycles. The van der Waals surface area contributed by atoms with E-state index in [0.717, 1.165) is 49.6 Å². The average molecular weight is 355 g/mol. The molecule has 24 heavy (non-hydrogen) atoms. The van der Waals surface area contributed by atoms with Gasteiger partial charge in [-0.05, 0) is 25.0 Å². The maximum atomic E-state index is 13.6. The topological polar surface area (TPSA) is 44.4 Å². The first kappa shape index (κ1) is 17.5. The lowest BCUT2D eigenvalue weighted by atomic mass is 9.94. The van der Waals surface area contributed by atoms with E-state index in [2.05, 4.69) is 15.5 Å². The fourth-order valence-corrected chi connectivity index (χ4v) is 4.58. The third-order valence-corrected chi connectivity index (χ3v) is 5.92. The van der Waals surface area contributed by atoms with Crippen molar-refractivity contribution in [2.45, 2.75) is 31.2 Å². The molecular weight excluding hydrogens is 332 g/mol. The predicted molar refractivity (Wildman–Crippen MR) is 93.5 cm³/mol. The number of urea groups is 1. The zero-order chi connectivity index (χ0) is 17.0. The summed E-state index contributed by atoms with van der Waals surface area (Å²) in [5, 5.41) is 5.36. The fourth-order valence-electron chi connectivity index (χ4n) is 3.68. The van der Waals surface area contributed by atoms with Crippen LogP contribution in [0.15, 0.2) is 18.2 Å². The second-order valence-corrected chi connectivity index (χ2v) is 7.69. The Morgan fingerprint density at radius 3 is 2.58 bits per heavy atom. The first-order valence-corrected chi connectivity index (χ1v) is 9.57. The van der Waals surface area contributed by atoms with E-state index < -0.39 is 17.7 Å². The summed E-state index contributed by atoms with van der Waals surface area (Å²) in [5.41, 5.74) is 0.0170. The second-order valence-electron chi connectivity index (χ2n) is 6.46. The Bertz CT molecular complexity index is 587. The van der Waals surface area contributed by atoms with Crippen LogP contribution in [0, 0.1) is 11.6 Å². The van der Waals surface area contributed by atoms with E-state index in [1.807, 2.05) is 11.8 Å². The molecule has 0 unspecified atom stereocenters. The van der Waals surface area contributed by atoms with Gasteiger partial charge in [-0.15, -0.1) is 0 Å². The van der Waals surface area contributed by atoms with Crippen LogP contribution < -0.4 is 10.6 Å². The molecule has 2 amide bonds. The Morgan fingerprint density at radius 2 is 1.92 bits per heavy atom. The first-order valence-electron chi connectivity index (χ1n) is 8.42. The molecule has 2 aliphatic rings. The summed E-state index contributed by atoms with van der Waals surface area (Å²) >= 11 is 1.97. The molecule has 0 bridgehead atoms. The van der Waals surface area contributed by atoms with Crippen LogP contribution in [0.25, 0.3) is 0 Å². The Kier molecular flexibility index (Phi) is 5.61. The summed E-state index contributed by atoms with van der Waals surface area (Å²) in [6.45, 7) is 2.67. The van der Waals surface area contributed by atoms with Crippen LogP contribution in [-0.4, -0.2) is 47.6 Å². The van der Waals surface area contributed by atoms with E-state index in [1.54, 1.807) is 0 Å². The number of carbonyl (C=O) groups is 1. The summed E-state index contributed by atoms with van der Waals surface area (Å²) < 4.78 is 26.5. The summed E-state index contributed by atoms with van der Waals surface area (Å²) in [6, 6.07) is 2.68. The smallest absolute Gasteiger partial charge is 0.319 e. The molecular formula is C17H23F2N3OS. The van der Waals surface area contributed by atoms with Gasteiger partial charge in [-0.3, -0.25) is 4.90 Å². The lowest BCUT2D eigenvalue weighted by Gasteiger charge is -2.43. The van der Waals surface area contributed by atoms with Crippen LogP contribution in [0.1, 0.15) is 25.7 Å². The monoisotopic (exact) mass is 355 g/mol. The highest BCUT2D eigenvalue weighted by molar-refractivity contribution is 7.99. The minimum Gasteiger partial charge on any atom is -0.336 e. The van der Waals surface area contributed by atoms with Crippen molar-refractivity contribution < 1.29 is 13.6 Å². The molecule has 1 heterocycles. The predicted octanol–water partition coefficient (Wildman–Crippen LogP) is 3.45. The van der Waals surface area contributed by atoms with Crippen LogP contribution in [0.5, 0.6) is 0 Å². The molecule has 0 aromatic heterocycles. The summed E-state index contributed by atoms with van der Waals surface area (Å²) in [6.07, 6.45) is 4.53. The summed E-state index contributed by atoms with van der Waals surface area (Å²) in [7, 11) is 0. The number of hydrogen-bond donors (Lipinski definition) is 2. The van der Waals surface area contributed by atoms with Gasteiger partial charge in [-0.25, -0.2) is 13.6 Å². The Morgan fingerprint density at radius 1 is 1.21 bits per heavy atom. The van der Waals surface area contributed by atoms with Crippen molar-refractivity contribution in [1.82, 2.24) is 10.2 Å². The van der Waals surface area contributed by atoms with Gasteiger partial charge in [-0.2, -0.15) is 11.8 Å². The summed E-state index contributed by atoms with van der Waals surface area (Å²) in [4.78, 5) is 14.6. The van der Waals surface area contributed by atoms with Crippen molar-refractivity contribution in [2.75, 3.05) is 36.5 Å². The van der Waals surface area contributed by atoms with Gasteiger partial charge in [0.05, 0.1) is 5.69 Å². The van der Waals surface area contributed by atoms with Gasteiger partial charge in [0, 0.05) is 42.7 Å². The van der Waals surface area contributed by atoms with Crippen molar-refractivity contribution in [3.63, 3.8) is 0 Å². The van der Waals surface area contributed by atoms with E-state index in [1.165, 1.54) is 18.9 Å². The number of nitrogens with zero attached hydrogens (tertiary/aromatic N) is 1. The lowest BCUT2D eigenvalue weighted by molar-refractivity contribution is 0.105. The Balaban J connectivity index is 1.59. The van der Waals surface area contributed by atoms with Gasteiger partial charge in [0.2, 0.25) is 0 Å². The van der Waals surface area contributed by atoms with Gasteiger partial charge < -0.3 is 10.6 Å². The lowest BCUT2D eigenvalue weighted by Crippen LogP contribution is -2.56. The number of anilines is 1. The quantitative estimate of drug-likeness (QED) is 0.869. The van der Waals surface area contributed by atoms with Crippen LogP contribution in [0.2, 0.25) is 0 Å². The number of halogens is 2. The summed E-state index contributed by atoms with van der Waals surface area (Å²) in [5.74, 6) is 0.837. The standard InChI is InChI=1S/C17H23F2N3OS/c18-13-3-4-15(14(19)11-13)21-16(23)20-12-17(5-1-2-6-17)22-7-9-24-10-8-22/h3-4,11H,1-2,5-10,12H2,(H2,20,21,23). The maximum Gasteiger partial charge on any atom is 0.319 e. The van der Waals surface area contributed by atoms with Crippen LogP contribution in [0.3, 0.4) is 0 Å². The first-order chi connectivity index (χ1) is 11.6. The zero-order valence-electron chi connectivity index (χ0n) is 13.6. The molecule has 2 N–H and O–H groups in total. The molecule has 1 saturated heterocycles. The minimum atomic E-state index is -0.770. The molecule has 0 radical (unpaired) electrons. The van der Waals surface area contributed by atoms with E-state index in [0.29, 0.717) is 6.54 Å². The maximum absolute atomic E-state index is 13.6. The molecule has 1 aromatic carbocycles. The SMILES string of the molecule is O=C(NCC1(N2CCSCC2)CCCC1)Nc1ccc(F)cc1F. The Labute approximate surface area is 145 Å². The van der Waals surface area contributed by atoms with Gasteiger partial charge in [-0.1, -0.05) is 12.8 Å². The van der Waals surface area contributed by atoms with Gasteiger partial charge in [0.1, 0.15) is 11.6 Å². The zero-order valence-corrected chi connectivity index (χ0v) is 14.4. The number of benzene rings is 1. The molecule has 3 rings (SSSR count). The highest BCUT2D eigenvalue weighted by Crippen LogP contribution is 2.36. The number of thioether (sulfide) groups is 1. The average Bonchev–Trinajstić information content (AvgIpc) is 3.07. The van der Waals surface area contributed by atoms with Crippen molar-refractivity contribution >= 4 is 23.5 Å². The van der Waals surface area contributed by atoms with Crippen molar-refractivity contribution in [2.24, 2.45) is 0 Å².